The van der Waals surface area contributed by atoms with Crippen molar-refractivity contribution in [2.24, 2.45) is 0 Å². The quantitative estimate of drug-likeness (QED) is 0.653. The Hall–Kier alpha value is -1.57. The summed E-state index contributed by atoms with van der Waals surface area (Å²) in [5, 5.41) is 0. The van der Waals surface area contributed by atoms with Crippen LogP contribution in [0, 0.1) is 0 Å². The molecule has 2 nitrogen and oxygen atoms in total. The largest absolute Gasteiger partial charge is 0.308 e. The van der Waals surface area contributed by atoms with Crippen LogP contribution in [0.2, 0.25) is 0 Å². The third kappa shape index (κ3) is 10.5. The summed E-state index contributed by atoms with van der Waals surface area (Å²) in [7, 11) is 0. The topological polar surface area (TPSA) is 17.8 Å². The zero-order valence-electron chi connectivity index (χ0n) is 11.4. The van der Waals surface area contributed by atoms with Crippen LogP contribution in [0.4, 0.5) is 0 Å². The summed E-state index contributed by atoms with van der Waals surface area (Å²) in [5.41, 5.74) is 0. The summed E-state index contributed by atoms with van der Waals surface area (Å²) in [6, 6.07) is 0. The highest BCUT2D eigenvalue weighted by atomic mass is 15.0. The van der Waals surface area contributed by atoms with E-state index >= 15 is 0 Å². The molecule has 1 heterocycles. The lowest BCUT2D eigenvalue weighted by Gasteiger charge is -1.91. The van der Waals surface area contributed by atoms with Crippen molar-refractivity contribution in [2.75, 3.05) is 0 Å². The van der Waals surface area contributed by atoms with Crippen LogP contribution in [0.3, 0.4) is 0 Å². The van der Waals surface area contributed by atoms with Gasteiger partial charge in [0.05, 0.1) is 0 Å². The van der Waals surface area contributed by atoms with Crippen LogP contribution >= 0.6 is 0 Å². The fraction of sp³-hybridized carbons (Fsp3) is 0.357. The first-order chi connectivity index (χ1) is 7.79. The average molecular weight is 222 g/mol. The fourth-order valence-electron chi connectivity index (χ4n) is 0.637. The second-order valence-electron chi connectivity index (χ2n) is 1.99. The molecule has 0 bridgehead atoms. The SMILES string of the molecule is C=CC.C=Cc1nccn1C=C.CC.CC. The minimum Gasteiger partial charge on any atom is -0.308 e. The number of aromatic nitrogens is 2. The summed E-state index contributed by atoms with van der Waals surface area (Å²) in [4.78, 5) is 3.98. The van der Waals surface area contributed by atoms with Crippen molar-refractivity contribution in [1.29, 1.82) is 0 Å². The van der Waals surface area contributed by atoms with Crippen molar-refractivity contribution < 1.29 is 0 Å². The molecule has 1 aromatic heterocycles. The van der Waals surface area contributed by atoms with Crippen LogP contribution in [0.25, 0.3) is 12.3 Å². The van der Waals surface area contributed by atoms with E-state index in [4.69, 9.17) is 0 Å². The molecule has 0 radical (unpaired) electrons. The van der Waals surface area contributed by atoms with E-state index in [1.807, 2.05) is 40.8 Å². The van der Waals surface area contributed by atoms with Gasteiger partial charge in [0.25, 0.3) is 0 Å². The highest BCUT2D eigenvalue weighted by molar-refractivity contribution is 5.41. The minimum atomic E-state index is 0.824. The van der Waals surface area contributed by atoms with Gasteiger partial charge in [0.1, 0.15) is 5.82 Å². The molecular formula is C14H26N2. The van der Waals surface area contributed by atoms with Crippen LogP contribution in [-0.4, -0.2) is 9.55 Å². The van der Waals surface area contributed by atoms with E-state index in [2.05, 4.69) is 24.7 Å². The van der Waals surface area contributed by atoms with E-state index in [0.717, 1.165) is 5.82 Å². The van der Waals surface area contributed by atoms with Crippen LogP contribution in [0.1, 0.15) is 40.4 Å². The molecule has 92 valence electrons. The number of hydrogen-bond donors (Lipinski definition) is 0. The predicted molar refractivity (Wildman–Crippen MR) is 77.3 cm³/mol. The predicted octanol–water partition coefficient (Wildman–Crippen LogP) is 4.87. The summed E-state index contributed by atoms with van der Waals surface area (Å²) in [6.45, 7) is 20.4. The molecule has 0 aliphatic heterocycles. The molecule has 2 heteroatoms. The molecule has 0 saturated heterocycles. The van der Waals surface area contributed by atoms with Gasteiger partial charge in [-0.2, -0.15) is 0 Å². The zero-order valence-corrected chi connectivity index (χ0v) is 11.4. The molecule has 0 aliphatic rings. The van der Waals surface area contributed by atoms with Crippen molar-refractivity contribution in [2.45, 2.75) is 34.6 Å². The zero-order chi connectivity index (χ0) is 13.4. The molecule has 0 amide bonds. The van der Waals surface area contributed by atoms with Crippen LogP contribution < -0.4 is 0 Å². The monoisotopic (exact) mass is 222 g/mol. The van der Waals surface area contributed by atoms with Crippen molar-refractivity contribution in [1.82, 2.24) is 9.55 Å². The number of hydrogen-bond acceptors (Lipinski definition) is 1. The second kappa shape index (κ2) is 19.1. The van der Waals surface area contributed by atoms with Crippen LogP contribution in [0.5, 0.6) is 0 Å². The van der Waals surface area contributed by atoms with Gasteiger partial charge in [-0.25, -0.2) is 4.98 Å². The highest BCUT2D eigenvalue weighted by Gasteiger charge is 1.89. The summed E-state index contributed by atoms with van der Waals surface area (Å²) >= 11 is 0. The van der Waals surface area contributed by atoms with E-state index in [9.17, 15) is 0 Å². The lowest BCUT2D eigenvalue weighted by molar-refractivity contribution is 1.11. The molecule has 0 unspecified atom stereocenters. The Labute approximate surface area is 101 Å². The molecule has 0 aromatic carbocycles. The van der Waals surface area contributed by atoms with Gasteiger partial charge in [-0.15, -0.1) is 6.58 Å². The van der Waals surface area contributed by atoms with Crippen LogP contribution in [0.15, 0.2) is 38.2 Å². The van der Waals surface area contributed by atoms with Gasteiger partial charge in [-0.05, 0) is 13.0 Å². The fourth-order valence-corrected chi connectivity index (χ4v) is 0.637. The molecule has 0 atom stereocenters. The van der Waals surface area contributed by atoms with Crippen LogP contribution in [-0.2, 0) is 0 Å². The van der Waals surface area contributed by atoms with E-state index < -0.39 is 0 Å². The Bertz CT molecular complexity index is 237. The molecule has 0 aliphatic carbocycles. The molecule has 0 N–H and O–H groups in total. The van der Waals surface area contributed by atoms with Crippen molar-refractivity contribution in [3.05, 3.63) is 44.0 Å². The smallest absolute Gasteiger partial charge is 0.136 e. The molecule has 16 heavy (non-hydrogen) atoms. The van der Waals surface area contributed by atoms with E-state index in [0.29, 0.717) is 0 Å². The number of allylic oxidation sites excluding steroid dienone is 1. The van der Waals surface area contributed by atoms with Crippen molar-refractivity contribution >= 4 is 12.3 Å². The Kier molecular flexibility index (Phi) is 23.7. The van der Waals surface area contributed by atoms with Gasteiger partial charge in [0, 0.05) is 18.6 Å². The van der Waals surface area contributed by atoms with Crippen molar-refractivity contribution in [3.63, 3.8) is 0 Å². The first kappa shape index (κ1) is 19.9. The lowest BCUT2D eigenvalue weighted by Crippen LogP contribution is -1.85. The summed E-state index contributed by atoms with van der Waals surface area (Å²) < 4.78 is 1.80. The molecule has 0 saturated carbocycles. The summed E-state index contributed by atoms with van der Waals surface area (Å²) in [6.07, 6.45) is 8.65. The molecule has 1 aromatic rings. The Balaban J connectivity index is -0.000000206. The molecule has 1 rings (SSSR count). The van der Waals surface area contributed by atoms with Gasteiger partial charge >= 0.3 is 0 Å². The number of nitrogens with zero attached hydrogens (tertiary/aromatic N) is 2. The third-order valence-corrected chi connectivity index (χ3v) is 1.08. The first-order valence-electron chi connectivity index (χ1n) is 5.65. The Morgan fingerprint density at radius 2 is 1.56 bits per heavy atom. The maximum atomic E-state index is 3.98. The second-order valence-corrected chi connectivity index (χ2v) is 1.99. The van der Waals surface area contributed by atoms with E-state index in [1.165, 1.54) is 0 Å². The lowest BCUT2D eigenvalue weighted by atomic mass is 10.6. The van der Waals surface area contributed by atoms with Gasteiger partial charge in [-0.1, -0.05) is 46.9 Å². The third-order valence-electron chi connectivity index (χ3n) is 1.08. The highest BCUT2D eigenvalue weighted by Crippen LogP contribution is 1.97. The summed E-state index contributed by atoms with van der Waals surface area (Å²) in [5.74, 6) is 0.824. The van der Waals surface area contributed by atoms with E-state index in [1.54, 1.807) is 29.1 Å². The van der Waals surface area contributed by atoms with E-state index in [-0.39, 0.29) is 0 Å². The molecule has 0 fully saturated rings. The standard InChI is InChI=1S/C7H8N2.C3H6.2C2H6/c1-3-7-8-5-6-9(7)4-2;1-3-2;2*1-2/h3-6H,1-2H2;3H,1H2,2H3;2*1-2H3. The first-order valence-corrected chi connectivity index (χ1v) is 5.65. The normalized spacial score (nSPS) is 6.56. The molecular weight excluding hydrogens is 196 g/mol. The maximum absolute atomic E-state index is 3.98. The van der Waals surface area contributed by atoms with Crippen molar-refractivity contribution in [3.8, 4) is 0 Å². The number of imidazole rings is 1. The van der Waals surface area contributed by atoms with Gasteiger partial charge in [0.15, 0.2) is 0 Å². The average Bonchev–Trinajstić information content (AvgIpc) is 2.82. The minimum absolute atomic E-state index is 0.824. The maximum Gasteiger partial charge on any atom is 0.136 e. The Morgan fingerprint density at radius 3 is 1.81 bits per heavy atom. The van der Waals surface area contributed by atoms with Gasteiger partial charge in [-0.3, -0.25) is 0 Å². The number of rotatable bonds is 2. The molecule has 0 spiro atoms. The Morgan fingerprint density at radius 1 is 1.12 bits per heavy atom. The van der Waals surface area contributed by atoms with Gasteiger partial charge in [0.2, 0.25) is 0 Å². The van der Waals surface area contributed by atoms with Gasteiger partial charge < -0.3 is 4.57 Å².